The summed E-state index contributed by atoms with van der Waals surface area (Å²) in [6, 6.07) is 0. The molecule has 0 aromatic carbocycles. The molecular formula is C7H11N5. The summed E-state index contributed by atoms with van der Waals surface area (Å²) in [4.78, 5) is 11.5. The first kappa shape index (κ1) is 8.45. The van der Waals surface area contributed by atoms with E-state index in [4.69, 9.17) is 5.73 Å². The van der Waals surface area contributed by atoms with Gasteiger partial charge in [-0.25, -0.2) is 9.98 Å². The molecule has 5 heteroatoms. The maximum absolute atomic E-state index is 5.38. The van der Waals surface area contributed by atoms with Gasteiger partial charge in [-0.15, -0.1) is 0 Å². The highest BCUT2D eigenvalue weighted by Crippen LogP contribution is 2.14. The Hall–Kier alpha value is -1.65. The lowest BCUT2D eigenvalue weighted by atomic mass is 10.5. The Morgan fingerprint density at radius 1 is 1.75 bits per heavy atom. The SMILES string of the molecule is C=NC(N)=Nc1c(C)ncn1C. The van der Waals surface area contributed by atoms with Gasteiger partial charge in [0.2, 0.25) is 5.96 Å². The summed E-state index contributed by atoms with van der Waals surface area (Å²) in [7, 11) is 1.84. The fourth-order valence-electron chi connectivity index (χ4n) is 0.844. The molecule has 0 saturated carbocycles. The van der Waals surface area contributed by atoms with Crippen molar-refractivity contribution in [1.29, 1.82) is 0 Å². The summed E-state index contributed by atoms with van der Waals surface area (Å²) in [6.07, 6.45) is 1.67. The Balaban J connectivity index is 3.10. The summed E-state index contributed by atoms with van der Waals surface area (Å²) in [5.41, 5.74) is 6.20. The molecule has 0 fully saturated rings. The molecule has 0 saturated heterocycles. The van der Waals surface area contributed by atoms with Gasteiger partial charge in [-0.2, -0.15) is 4.99 Å². The van der Waals surface area contributed by atoms with Gasteiger partial charge in [0.25, 0.3) is 0 Å². The smallest absolute Gasteiger partial charge is 0.221 e. The van der Waals surface area contributed by atoms with Crippen molar-refractivity contribution in [2.45, 2.75) is 6.92 Å². The highest BCUT2D eigenvalue weighted by Gasteiger charge is 2.02. The minimum Gasteiger partial charge on any atom is -0.368 e. The van der Waals surface area contributed by atoms with Gasteiger partial charge in [-0.1, -0.05) is 0 Å². The lowest BCUT2D eigenvalue weighted by molar-refractivity contribution is 0.910. The molecule has 5 nitrogen and oxygen atoms in total. The number of hydrogen-bond acceptors (Lipinski definition) is 2. The number of imidazole rings is 1. The molecule has 0 amide bonds. The highest BCUT2D eigenvalue weighted by atomic mass is 15.2. The Morgan fingerprint density at radius 2 is 2.42 bits per heavy atom. The van der Waals surface area contributed by atoms with E-state index in [-0.39, 0.29) is 5.96 Å². The van der Waals surface area contributed by atoms with E-state index in [2.05, 4.69) is 21.7 Å². The van der Waals surface area contributed by atoms with Crippen molar-refractivity contribution in [1.82, 2.24) is 9.55 Å². The van der Waals surface area contributed by atoms with E-state index in [0.717, 1.165) is 5.69 Å². The van der Waals surface area contributed by atoms with Gasteiger partial charge in [0.05, 0.1) is 12.0 Å². The molecule has 0 bridgehead atoms. The van der Waals surface area contributed by atoms with Crippen LogP contribution in [0.5, 0.6) is 0 Å². The van der Waals surface area contributed by atoms with Crippen LogP contribution in [0.1, 0.15) is 5.69 Å². The van der Waals surface area contributed by atoms with E-state index in [1.54, 1.807) is 10.9 Å². The average Bonchev–Trinajstić information content (AvgIpc) is 2.35. The van der Waals surface area contributed by atoms with Crippen LogP contribution >= 0.6 is 0 Å². The van der Waals surface area contributed by atoms with Crippen LogP contribution in [0.4, 0.5) is 5.82 Å². The Kier molecular flexibility index (Phi) is 2.23. The minimum absolute atomic E-state index is 0.154. The van der Waals surface area contributed by atoms with Gasteiger partial charge < -0.3 is 10.3 Å². The summed E-state index contributed by atoms with van der Waals surface area (Å²) >= 11 is 0. The van der Waals surface area contributed by atoms with Crippen molar-refractivity contribution >= 4 is 18.5 Å². The fourth-order valence-corrected chi connectivity index (χ4v) is 0.844. The lowest BCUT2D eigenvalue weighted by Crippen LogP contribution is -2.07. The van der Waals surface area contributed by atoms with Crippen LogP contribution in [-0.4, -0.2) is 22.2 Å². The third-order valence-corrected chi connectivity index (χ3v) is 1.46. The summed E-state index contributed by atoms with van der Waals surface area (Å²) in [6.45, 7) is 5.12. The third kappa shape index (κ3) is 1.50. The molecular weight excluding hydrogens is 154 g/mol. The third-order valence-electron chi connectivity index (χ3n) is 1.46. The zero-order valence-electron chi connectivity index (χ0n) is 7.15. The standard InChI is InChI=1S/C7H11N5/c1-5-6(11-7(8)9-2)12(3)4-10-5/h4H,2H2,1,3H3,(H2,8,11). The minimum atomic E-state index is 0.154. The number of rotatable bonds is 1. The monoisotopic (exact) mass is 165 g/mol. The molecule has 0 aliphatic carbocycles. The largest absolute Gasteiger partial charge is 0.368 e. The van der Waals surface area contributed by atoms with Crippen LogP contribution in [-0.2, 0) is 7.05 Å². The molecule has 0 aliphatic heterocycles. The number of nitrogens with two attached hydrogens (primary N) is 1. The van der Waals surface area contributed by atoms with Crippen molar-refractivity contribution in [3.63, 3.8) is 0 Å². The average molecular weight is 165 g/mol. The zero-order chi connectivity index (χ0) is 9.14. The van der Waals surface area contributed by atoms with E-state index in [1.807, 2.05) is 14.0 Å². The maximum atomic E-state index is 5.38. The molecule has 2 N–H and O–H groups in total. The molecule has 0 unspecified atom stereocenters. The second kappa shape index (κ2) is 3.17. The molecule has 1 aromatic heterocycles. The van der Waals surface area contributed by atoms with Gasteiger partial charge in [0.15, 0.2) is 5.82 Å². The molecule has 1 rings (SSSR count). The van der Waals surface area contributed by atoms with Gasteiger partial charge in [0, 0.05) is 7.05 Å². The van der Waals surface area contributed by atoms with Crippen LogP contribution in [0, 0.1) is 6.92 Å². The number of aliphatic imine (C=N–C) groups is 2. The van der Waals surface area contributed by atoms with E-state index >= 15 is 0 Å². The van der Waals surface area contributed by atoms with Crippen LogP contribution < -0.4 is 5.73 Å². The lowest BCUT2D eigenvalue weighted by Gasteiger charge is -1.96. The van der Waals surface area contributed by atoms with Crippen LogP contribution in [0.2, 0.25) is 0 Å². The van der Waals surface area contributed by atoms with Crippen LogP contribution in [0.3, 0.4) is 0 Å². The number of hydrogen-bond donors (Lipinski definition) is 1. The first-order chi connectivity index (χ1) is 5.65. The normalized spacial score (nSPS) is 11.7. The predicted molar refractivity (Wildman–Crippen MR) is 48.8 cm³/mol. The van der Waals surface area contributed by atoms with E-state index < -0.39 is 0 Å². The Labute approximate surface area is 70.7 Å². The quantitative estimate of drug-likeness (QED) is 0.482. The van der Waals surface area contributed by atoms with Crippen molar-refractivity contribution < 1.29 is 0 Å². The van der Waals surface area contributed by atoms with Crippen LogP contribution in [0.25, 0.3) is 0 Å². The predicted octanol–water partition coefficient (Wildman–Crippen LogP) is 0.375. The molecule has 0 atom stereocenters. The second-order valence-corrected chi connectivity index (χ2v) is 2.39. The van der Waals surface area contributed by atoms with Crippen molar-refractivity contribution in [3.05, 3.63) is 12.0 Å². The Morgan fingerprint density at radius 3 is 2.83 bits per heavy atom. The molecule has 0 spiro atoms. The molecule has 1 heterocycles. The van der Waals surface area contributed by atoms with Crippen molar-refractivity contribution in [3.8, 4) is 0 Å². The zero-order valence-corrected chi connectivity index (χ0v) is 7.15. The number of guanidine groups is 1. The summed E-state index contributed by atoms with van der Waals surface area (Å²) in [5.74, 6) is 0.863. The molecule has 0 radical (unpaired) electrons. The van der Waals surface area contributed by atoms with Crippen molar-refractivity contribution in [2.24, 2.45) is 22.8 Å². The van der Waals surface area contributed by atoms with Crippen molar-refractivity contribution in [2.75, 3.05) is 0 Å². The van der Waals surface area contributed by atoms with Gasteiger partial charge in [0.1, 0.15) is 0 Å². The Bertz CT molecular complexity index is 303. The van der Waals surface area contributed by atoms with Gasteiger partial charge >= 0.3 is 0 Å². The molecule has 0 aliphatic rings. The maximum Gasteiger partial charge on any atom is 0.221 e. The molecule has 12 heavy (non-hydrogen) atoms. The first-order valence-corrected chi connectivity index (χ1v) is 3.44. The number of aryl methyl sites for hydroxylation is 2. The fraction of sp³-hybridized carbons (Fsp3) is 0.286. The van der Waals surface area contributed by atoms with Crippen LogP contribution in [0.15, 0.2) is 16.3 Å². The molecule has 1 aromatic rings. The summed E-state index contributed by atoms with van der Waals surface area (Å²) in [5, 5.41) is 0. The number of aromatic nitrogens is 2. The van der Waals surface area contributed by atoms with Gasteiger partial charge in [-0.3, -0.25) is 0 Å². The summed E-state index contributed by atoms with van der Waals surface area (Å²) < 4.78 is 1.77. The van der Waals surface area contributed by atoms with E-state index in [0.29, 0.717) is 5.82 Å². The second-order valence-electron chi connectivity index (χ2n) is 2.39. The topological polar surface area (TPSA) is 68.6 Å². The number of nitrogens with zero attached hydrogens (tertiary/aromatic N) is 4. The van der Waals surface area contributed by atoms with Gasteiger partial charge in [-0.05, 0) is 13.6 Å². The highest BCUT2D eigenvalue weighted by molar-refractivity contribution is 5.84. The van der Waals surface area contributed by atoms with E-state index in [1.165, 1.54) is 0 Å². The molecule has 64 valence electrons. The first-order valence-electron chi connectivity index (χ1n) is 3.44. The van der Waals surface area contributed by atoms with E-state index in [9.17, 15) is 0 Å².